The van der Waals surface area contributed by atoms with Gasteiger partial charge in [-0.25, -0.2) is 4.79 Å². The van der Waals surface area contributed by atoms with Gasteiger partial charge in [-0.15, -0.1) is 0 Å². The van der Waals surface area contributed by atoms with Crippen molar-refractivity contribution in [2.24, 2.45) is 5.92 Å². The van der Waals surface area contributed by atoms with Crippen molar-refractivity contribution in [2.75, 3.05) is 13.1 Å². The second-order valence-electron chi connectivity index (χ2n) is 7.46. The van der Waals surface area contributed by atoms with E-state index in [-0.39, 0.29) is 17.9 Å². The van der Waals surface area contributed by atoms with E-state index in [1.165, 1.54) is 5.56 Å². The number of hydrogen-bond donors (Lipinski definition) is 1. The monoisotopic (exact) mass is 376 g/mol. The van der Waals surface area contributed by atoms with Gasteiger partial charge in [0.05, 0.1) is 5.92 Å². The number of nitrogens with zero attached hydrogens (tertiary/aromatic N) is 3. The summed E-state index contributed by atoms with van der Waals surface area (Å²) in [6.07, 6.45) is 0. The molecule has 28 heavy (non-hydrogen) atoms. The first-order valence-corrected chi connectivity index (χ1v) is 9.57. The van der Waals surface area contributed by atoms with Crippen molar-refractivity contribution in [1.29, 1.82) is 0 Å². The van der Waals surface area contributed by atoms with Crippen LogP contribution in [0.5, 0.6) is 0 Å². The van der Waals surface area contributed by atoms with Gasteiger partial charge in [0.1, 0.15) is 0 Å². The average molecular weight is 376 g/mol. The van der Waals surface area contributed by atoms with Gasteiger partial charge in [0.2, 0.25) is 11.7 Å². The normalized spacial score (nSPS) is 19.0. The van der Waals surface area contributed by atoms with Gasteiger partial charge in [-0.05, 0) is 18.4 Å². The van der Waals surface area contributed by atoms with Crippen LogP contribution >= 0.6 is 0 Å². The number of aromatic nitrogens is 2. The first-order chi connectivity index (χ1) is 13.6. The maximum atomic E-state index is 12.6. The highest BCUT2D eigenvalue weighted by molar-refractivity contribution is 5.74. The molecule has 2 atom stereocenters. The second kappa shape index (κ2) is 7.84. The van der Waals surface area contributed by atoms with Crippen LogP contribution in [0.4, 0.5) is 4.79 Å². The zero-order valence-corrected chi connectivity index (χ0v) is 16.1. The lowest BCUT2D eigenvalue weighted by atomic mass is 9.98. The third-order valence-electron chi connectivity index (χ3n) is 5.25. The molecule has 0 spiro atoms. The molecule has 1 aliphatic rings. The van der Waals surface area contributed by atoms with Crippen LogP contribution in [0, 0.1) is 12.8 Å². The maximum absolute atomic E-state index is 12.6. The molecule has 3 aromatic rings. The van der Waals surface area contributed by atoms with E-state index in [1.54, 1.807) is 0 Å². The van der Waals surface area contributed by atoms with E-state index in [0.717, 1.165) is 11.1 Å². The van der Waals surface area contributed by atoms with E-state index in [0.29, 0.717) is 31.3 Å². The minimum absolute atomic E-state index is 0.0510. The zero-order chi connectivity index (χ0) is 19.5. The lowest BCUT2D eigenvalue weighted by molar-refractivity contribution is 0.206. The SMILES string of the molecule is Cc1ccc(CNC(=O)N2C[C@H](c3nc(-c4ccccc4)no3)[C@@H](C)C2)cc1. The summed E-state index contributed by atoms with van der Waals surface area (Å²) in [4.78, 5) is 19.0. The Morgan fingerprint density at radius 3 is 2.64 bits per heavy atom. The number of carbonyl (C=O) groups excluding carboxylic acids is 1. The van der Waals surface area contributed by atoms with Crippen LogP contribution < -0.4 is 5.32 Å². The van der Waals surface area contributed by atoms with E-state index < -0.39 is 0 Å². The Balaban J connectivity index is 1.38. The molecule has 2 amide bonds. The van der Waals surface area contributed by atoms with Crippen molar-refractivity contribution in [3.8, 4) is 11.4 Å². The van der Waals surface area contributed by atoms with E-state index in [2.05, 4.69) is 41.4 Å². The van der Waals surface area contributed by atoms with Crippen LogP contribution in [-0.2, 0) is 6.54 Å². The lowest BCUT2D eigenvalue weighted by Crippen LogP contribution is -2.38. The summed E-state index contributed by atoms with van der Waals surface area (Å²) in [5, 5.41) is 7.12. The minimum Gasteiger partial charge on any atom is -0.339 e. The summed E-state index contributed by atoms with van der Waals surface area (Å²) in [6, 6.07) is 17.9. The van der Waals surface area contributed by atoms with E-state index >= 15 is 0 Å². The third-order valence-corrected chi connectivity index (χ3v) is 5.25. The largest absolute Gasteiger partial charge is 0.339 e. The molecule has 2 heterocycles. The summed E-state index contributed by atoms with van der Waals surface area (Å²) in [7, 11) is 0. The first-order valence-electron chi connectivity index (χ1n) is 9.57. The molecule has 144 valence electrons. The molecule has 2 aromatic carbocycles. The van der Waals surface area contributed by atoms with Crippen LogP contribution in [0.25, 0.3) is 11.4 Å². The standard InChI is InChI=1S/C22H24N4O2/c1-15-8-10-17(11-9-15)12-23-22(27)26-13-16(2)19(14-26)21-24-20(25-28-21)18-6-4-3-5-7-18/h3-11,16,19H,12-14H2,1-2H3,(H,23,27)/t16-,19-/m0/s1. The minimum atomic E-state index is -0.0577. The van der Waals surface area contributed by atoms with Crippen LogP contribution in [0.3, 0.4) is 0 Å². The molecule has 1 aliphatic heterocycles. The average Bonchev–Trinajstić information content (AvgIpc) is 3.35. The van der Waals surface area contributed by atoms with E-state index in [9.17, 15) is 4.79 Å². The van der Waals surface area contributed by atoms with Crippen LogP contribution in [0.1, 0.15) is 29.9 Å². The Kier molecular flexibility index (Phi) is 5.10. The quantitative estimate of drug-likeness (QED) is 0.747. The smallest absolute Gasteiger partial charge is 0.317 e. The fourth-order valence-electron chi connectivity index (χ4n) is 3.54. The molecule has 0 bridgehead atoms. The number of benzene rings is 2. The third kappa shape index (κ3) is 3.91. The Morgan fingerprint density at radius 1 is 1.14 bits per heavy atom. The summed E-state index contributed by atoms with van der Waals surface area (Å²) in [5.41, 5.74) is 3.23. The molecular formula is C22H24N4O2. The number of aryl methyl sites for hydroxylation is 1. The molecule has 0 saturated carbocycles. The highest BCUT2D eigenvalue weighted by Crippen LogP contribution is 2.32. The molecular weight excluding hydrogens is 352 g/mol. The number of carbonyl (C=O) groups is 1. The second-order valence-corrected chi connectivity index (χ2v) is 7.46. The molecule has 0 unspecified atom stereocenters. The van der Waals surface area contributed by atoms with Crippen molar-refractivity contribution < 1.29 is 9.32 Å². The van der Waals surface area contributed by atoms with Crippen LogP contribution in [-0.4, -0.2) is 34.2 Å². The van der Waals surface area contributed by atoms with Gasteiger partial charge in [0.25, 0.3) is 0 Å². The molecule has 0 aliphatic carbocycles. The van der Waals surface area contributed by atoms with Crippen molar-refractivity contribution in [3.05, 3.63) is 71.6 Å². The fourth-order valence-corrected chi connectivity index (χ4v) is 3.54. The summed E-state index contributed by atoms with van der Waals surface area (Å²) < 4.78 is 5.52. The molecule has 6 heteroatoms. The molecule has 6 nitrogen and oxygen atoms in total. The van der Waals surface area contributed by atoms with Crippen molar-refractivity contribution >= 4 is 6.03 Å². The van der Waals surface area contributed by atoms with Gasteiger partial charge in [-0.2, -0.15) is 4.98 Å². The topological polar surface area (TPSA) is 71.3 Å². The summed E-state index contributed by atoms with van der Waals surface area (Å²) >= 11 is 0. The van der Waals surface area contributed by atoms with Crippen molar-refractivity contribution in [3.63, 3.8) is 0 Å². The molecule has 1 aromatic heterocycles. The van der Waals surface area contributed by atoms with Gasteiger partial charge < -0.3 is 14.7 Å². The highest BCUT2D eigenvalue weighted by atomic mass is 16.5. The number of nitrogens with one attached hydrogen (secondary N) is 1. The molecule has 4 rings (SSSR count). The Bertz CT molecular complexity index is 937. The molecule has 1 N–H and O–H groups in total. The Labute approximate surface area is 164 Å². The molecule has 1 saturated heterocycles. The first kappa shape index (κ1) is 18.2. The lowest BCUT2D eigenvalue weighted by Gasteiger charge is -2.17. The summed E-state index contributed by atoms with van der Waals surface area (Å²) in [5.74, 6) is 1.49. The number of amides is 2. The van der Waals surface area contributed by atoms with E-state index in [1.807, 2.05) is 47.4 Å². The number of likely N-dealkylation sites (tertiary alicyclic amines) is 1. The predicted octanol–water partition coefficient (Wildman–Crippen LogP) is 3.99. The fraction of sp³-hybridized carbons (Fsp3) is 0.318. The highest BCUT2D eigenvalue weighted by Gasteiger charge is 2.37. The number of hydrogen-bond acceptors (Lipinski definition) is 4. The zero-order valence-electron chi connectivity index (χ0n) is 16.1. The van der Waals surface area contributed by atoms with Gasteiger partial charge >= 0.3 is 6.03 Å². The Hall–Kier alpha value is -3.15. The van der Waals surface area contributed by atoms with E-state index in [4.69, 9.17) is 4.52 Å². The molecule has 1 fully saturated rings. The van der Waals surface area contributed by atoms with Crippen LogP contribution in [0.15, 0.2) is 59.1 Å². The van der Waals surface area contributed by atoms with Crippen molar-refractivity contribution in [1.82, 2.24) is 20.4 Å². The van der Waals surface area contributed by atoms with Gasteiger partial charge in [-0.1, -0.05) is 72.2 Å². The van der Waals surface area contributed by atoms with Gasteiger partial charge in [0.15, 0.2) is 0 Å². The predicted molar refractivity (Wildman–Crippen MR) is 107 cm³/mol. The van der Waals surface area contributed by atoms with Crippen molar-refractivity contribution in [2.45, 2.75) is 26.3 Å². The maximum Gasteiger partial charge on any atom is 0.317 e. The van der Waals surface area contributed by atoms with Gasteiger partial charge in [-0.3, -0.25) is 0 Å². The Morgan fingerprint density at radius 2 is 1.89 bits per heavy atom. The number of urea groups is 1. The van der Waals surface area contributed by atoms with Crippen LogP contribution in [0.2, 0.25) is 0 Å². The molecule has 0 radical (unpaired) electrons. The summed E-state index contributed by atoms with van der Waals surface area (Å²) in [6.45, 7) is 5.94. The number of rotatable bonds is 4. The van der Waals surface area contributed by atoms with Gasteiger partial charge in [0, 0.05) is 25.2 Å².